The lowest BCUT2D eigenvalue weighted by Crippen LogP contribution is -2.21. The second kappa shape index (κ2) is 6.04. The number of amides is 1. The fourth-order valence-corrected chi connectivity index (χ4v) is 0.982. The number of nitrogens with two attached hydrogens (primary N) is 1. The molecule has 94 valence electrons. The van der Waals surface area contributed by atoms with Crippen LogP contribution in [-0.4, -0.2) is 30.6 Å². The molecule has 0 aliphatic carbocycles. The Labute approximate surface area is 94.8 Å². The molecule has 0 unspecified atom stereocenters. The molecule has 0 bridgehead atoms. The van der Waals surface area contributed by atoms with Crippen LogP contribution in [0.25, 0.3) is 0 Å². The Morgan fingerprint density at radius 3 is 2.76 bits per heavy atom. The first kappa shape index (κ1) is 13.2. The molecule has 0 saturated carbocycles. The largest absolute Gasteiger partial charge is 0.370 e. The Hall–Kier alpha value is -1.83. The van der Waals surface area contributed by atoms with Crippen LogP contribution in [0.4, 0.5) is 19.0 Å². The van der Waals surface area contributed by atoms with Gasteiger partial charge in [-0.2, -0.15) is 9.37 Å². The molecule has 0 aliphatic rings. The lowest BCUT2D eigenvalue weighted by Gasteiger charge is -2.06. The lowest BCUT2D eigenvalue weighted by molar-refractivity contribution is -0.122. The van der Waals surface area contributed by atoms with E-state index in [-0.39, 0.29) is 19.8 Å². The highest BCUT2D eigenvalue weighted by Crippen LogP contribution is 2.13. The Morgan fingerprint density at radius 2 is 2.12 bits per heavy atom. The summed E-state index contributed by atoms with van der Waals surface area (Å²) in [6, 6.07) is 0.384. The number of pyridine rings is 1. The van der Waals surface area contributed by atoms with Gasteiger partial charge in [0.2, 0.25) is 5.91 Å². The van der Waals surface area contributed by atoms with Crippen molar-refractivity contribution in [2.24, 2.45) is 5.73 Å². The number of nitrogens with zero attached hydrogens (tertiary/aromatic N) is 1. The number of halogens is 3. The summed E-state index contributed by atoms with van der Waals surface area (Å²) in [5, 5.41) is 2.38. The van der Waals surface area contributed by atoms with Crippen molar-refractivity contribution in [3.05, 3.63) is 23.6 Å². The molecule has 17 heavy (non-hydrogen) atoms. The fourth-order valence-electron chi connectivity index (χ4n) is 0.982. The Bertz CT molecular complexity index is 415. The van der Waals surface area contributed by atoms with E-state index in [4.69, 9.17) is 10.5 Å². The molecule has 0 atom stereocenters. The first-order valence-electron chi connectivity index (χ1n) is 4.62. The van der Waals surface area contributed by atoms with Gasteiger partial charge in [-0.3, -0.25) is 4.79 Å². The molecule has 1 amide bonds. The van der Waals surface area contributed by atoms with Gasteiger partial charge < -0.3 is 15.8 Å². The molecule has 1 aromatic heterocycles. The maximum Gasteiger partial charge on any atom is 0.251 e. The number of carbonyl (C=O) groups is 1. The van der Waals surface area contributed by atoms with Crippen LogP contribution in [0.3, 0.4) is 0 Å². The SMILES string of the molecule is NC(=O)COCCNc1nc(F)c(F)cc1F. The normalized spacial score (nSPS) is 10.3. The van der Waals surface area contributed by atoms with Crippen LogP contribution >= 0.6 is 0 Å². The van der Waals surface area contributed by atoms with Crippen molar-refractivity contribution in [1.82, 2.24) is 4.98 Å². The molecule has 0 spiro atoms. The van der Waals surface area contributed by atoms with Crippen LogP contribution in [0.1, 0.15) is 0 Å². The third kappa shape index (κ3) is 4.27. The summed E-state index contributed by atoms with van der Waals surface area (Å²) in [6.07, 6.45) is 0. The Kier molecular flexibility index (Phi) is 4.70. The summed E-state index contributed by atoms with van der Waals surface area (Å²) in [6.45, 7) is -0.152. The van der Waals surface area contributed by atoms with E-state index in [1.807, 2.05) is 0 Å². The van der Waals surface area contributed by atoms with E-state index in [0.717, 1.165) is 0 Å². The second-order valence-corrected chi connectivity index (χ2v) is 3.04. The predicted octanol–water partition coefficient (Wildman–Crippen LogP) is 0.413. The van der Waals surface area contributed by atoms with Crippen LogP contribution in [0.5, 0.6) is 0 Å². The minimum atomic E-state index is -1.40. The smallest absolute Gasteiger partial charge is 0.251 e. The quantitative estimate of drug-likeness (QED) is 0.565. The van der Waals surface area contributed by atoms with Crippen LogP contribution in [0.15, 0.2) is 6.07 Å². The van der Waals surface area contributed by atoms with Gasteiger partial charge in [-0.15, -0.1) is 0 Å². The summed E-state index contributed by atoms with van der Waals surface area (Å²) >= 11 is 0. The first-order chi connectivity index (χ1) is 8.00. The second-order valence-electron chi connectivity index (χ2n) is 3.04. The lowest BCUT2D eigenvalue weighted by atomic mass is 10.4. The van der Waals surface area contributed by atoms with Crippen LogP contribution in [0.2, 0.25) is 0 Å². The van der Waals surface area contributed by atoms with E-state index in [9.17, 15) is 18.0 Å². The van der Waals surface area contributed by atoms with Gasteiger partial charge in [0, 0.05) is 12.6 Å². The highest BCUT2D eigenvalue weighted by Gasteiger charge is 2.10. The van der Waals surface area contributed by atoms with Gasteiger partial charge in [-0.25, -0.2) is 8.78 Å². The van der Waals surface area contributed by atoms with Crippen molar-refractivity contribution < 1.29 is 22.7 Å². The summed E-state index contributed by atoms with van der Waals surface area (Å²) in [5.74, 6) is -4.84. The molecule has 0 fully saturated rings. The number of nitrogens with one attached hydrogen (secondary N) is 1. The number of aromatic nitrogens is 1. The number of primary amides is 1. The van der Waals surface area contributed by atoms with Crippen molar-refractivity contribution in [2.45, 2.75) is 0 Å². The van der Waals surface area contributed by atoms with E-state index in [2.05, 4.69) is 10.3 Å². The number of anilines is 1. The van der Waals surface area contributed by atoms with Crippen molar-refractivity contribution in [3.8, 4) is 0 Å². The van der Waals surface area contributed by atoms with Crippen molar-refractivity contribution >= 4 is 11.7 Å². The first-order valence-corrected chi connectivity index (χ1v) is 4.62. The van der Waals surface area contributed by atoms with Crippen molar-refractivity contribution in [2.75, 3.05) is 25.1 Å². The highest BCUT2D eigenvalue weighted by atomic mass is 19.2. The molecule has 3 N–H and O–H groups in total. The molecular formula is C9H10F3N3O2. The number of hydrogen-bond donors (Lipinski definition) is 2. The maximum absolute atomic E-state index is 13.0. The molecule has 1 rings (SSSR count). The third-order valence-electron chi connectivity index (χ3n) is 1.67. The average Bonchev–Trinajstić information content (AvgIpc) is 2.24. The number of carbonyl (C=O) groups excluding carboxylic acids is 1. The molecular weight excluding hydrogens is 239 g/mol. The zero-order valence-corrected chi connectivity index (χ0v) is 8.67. The average molecular weight is 249 g/mol. The molecule has 8 heteroatoms. The number of hydrogen-bond acceptors (Lipinski definition) is 4. The van der Waals surface area contributed by atoms with Gasteiger partial charge in [0.25, 0.3) is 5.95 Å². The minimum absolute atomic E-state index is 0.0447. The van der Waals surface area contributed by atoms with Gasteiger partial charge in [0.15, 0.2) is 17.5 Å². The van der Waals surface area contributed by atoms with Gasteiger partial charge in [0.1, 0.15) is 6.61 Å². The summed E-state index contributed by atoms with van der Waals surface area (Å²) < 4.78 is 42.9. The fraction of sp³-hybridized carbons (Fsp3) is 0.333. The molecule has 0 radical (unpaired) electrons. The summed E-state index contributed by atoms with van der Waals surface area (Å²) in [4.78, 5) is 13.3. The Balaban J connectivity index is 2.41. The molecule has 1 heterocycles. The van der Waals surface area contributed by atoms with E-state index >= 15 is 0 Å². The van der Waals surface area contributed by atoms with Crippen LogP contribution in [0, 0.1) is 17.6 Å². The van der Waals surface area contributed by atoms with Crippen molar-refractivity contribution in [1.29, 1.82) is 0 Å². The molecule has 0 aliphatic heterocycles. The number of ether oxygens (including phenoxy) is 1. The van der Waals surface area contributed by atoms with E-state index in [0.29, 0.717) is 6.07 Å². The topological polar surface area (TPSA) is 77.2 Å². The van der Waals surface area contributed by atoms with Gasteiger partial charge in [-0.05, 0) is 0 Å². The highest BCUT2D eigenvalue weighted by molar-refractivity contribution is 5.74. The predicted molar refractivity (Wildman–Crippen MR) is 52.6 cm³/mol. The minimum Gasteiger partial charge on any atom is -0.370 e. The van der Waals surface area contributed by atoms with E-state index < -0.39 is 29.3 Å². The molecule has 0 aromatic carbocycles. The van der Waals surface area contributed by atoms with Gasteiger partial charge in [0.05, 0.1) is 6.61 Å². The van der Waals surface area contributed by atoms with Crippen molar-refractivity contribution in [3.63, 3.8) is 0 Å². The maximum atomic E-state index is 13.0. The van der Waals surface area contributed by atoms with Crippen LogP contribution in [-0.2, 0) is 9.53 Å². The number of rotatable bonds is 6. The van der Waals surface area contributed by atoms with E-state index in [1.54, 1.807) is 0 Å². The molecule has 1 aromatic rings. The van der Waals surface area contributed by atoms with E-state index in [1.165, 1.54) is 0 Å². The van der Waals surface area contributed by atoms with Gasteiger partial charge in [-0.1, -0.05) is 0 Å². The zero-order valence-electron chi connectivity index (χ0n) is 8.67. The molecule has 0 saturated heterocycles. The zero-order chi connectivity index (χ0) is 12.8. The monoisotopic (exact) mass is 249 g/mol. The summed E-state index contributed by atoms with van der Waals surface area (Å²) in [5.41, 5.74) is 4.80. The Morgan fingerprint density at radius 1 is 1.41 bits per heavy atom. The molecule has 5 nitrogen and oxygen atoms in total. The third-order valence-corrected chi connectivity index (χ3v) is 1.67. The standard InChI is InChI=1S/C9H10F3N3O2/c10-5-3-6(11)9(15-8(5)12)14-1-2-17-4-7(13)16/h3H,1-2,4H2,(H2,13,16)(H,14,15). The van der Waals surface area contributed by atoms with Gasteiger partial charge >= 0.3 is 0 Å². The summed E-state index contributed by atoms with van der Waals surface area (Å²) in [7, 11) is 0. The van der Waals surface area contributed by atoms with Crippen LogP contribution < -0.4 is 11.1 Å².